The number of nitrogens with two attached hydrogens (primary N) is 2. The molecule has 2 aromatic carbocycles. The van der Waals surface area contributed by atoms with Crippen LogP contribution in [0.4, 0.5) is 0 Å². The zero-order valence-electron chi connectivity index (χ0n) is 19.5. The predicted molar refractivity (Wildman–Crippen MR) is 128 cm³/mol. The number of likely N-dealkylation sites (N-methyl/N-ethyl adjacent to an activating group) is 1. The van der Waals surface area contributed by atoms with Crippen molar-refractivity contribution in [2.24, 2.45) is 11.6 Å². The van der Waals surface area contributed by atoms with Crippen molar-refractivity contribution in [3.63, 3.8) is 0 Å². The summed E-state index contributed by atoms with van der Waals surface area (Å²) in [4.78, 5) is 50.5. The summed E-state index contributed by atoms with van der Waals surface area (Å²) in [7, 11) is 1.34. The van der Waals surface area contributed by atoms with Crippen LogP contribution in [0.5, 0.6) is 0 Å². The van der Waals surface area contributed by atoms with Gasteiger partial charge in [0.1, 0.15) is 12.1 Å². The fraction of sp³-hybridized carbons (Fsp3) is 0.417. The molecule has 0 aliphatic carbocycles. The molecule has 3 atom stereocenters. The fourth-order valence-electron chi connectivity index (χ4n) is 3.75. The molecule has 0 bridgehead atoms. The highest BCUT2D eigenvalue weighted by atomic mass is 16.4. The number of nitrogens with zero attached hydrogens (tertiary/aromatic N) is 1. The van der Waals surface area contributed by atoms with E-state index in [2.05, 4.69) is 10.7 Å². The standard InChI is InChI=1S/C24H33N5O5/c1-3-4-9-18(28-26)24(34)29(2)20(14-21(30)31)23(33)27-19(22(25)32)13-15-10-11-16-7-5-6-8-17(16)12-15/h5-8,10-12,18-20,28H,3-4,9,13-14,26H2,1-2H3,(H2,25,32)(H,27,33)(H,30,31)/t18-,19-,20+/m0/s1. The highest BCUT2D eigenvalue weighted by molar-refractivity contribution is 5.94. The molecule has 0 aliphatic rings. The maximum Gasteiger partial charge on any atom is 0.305 e. The third-order valence-electron chi connectivity index (χ3n) is 5.75. The Kier molecular flexibility index (Phi) is 9.96. The molecule has 0 heterocycles. The van der Waals surface area contributed by atoms with Crippen LogP contribution in [-0.4, -0.2) is 58.9 Å². The fourth-order valence-corrected chi connectivity index (χ4v) is 3.75. The monoisotopic (exact) mass is 471 g/mol. The Hall–Kier alpha value is -3.50. The maximum absolute atomic E-state index is 13.0. The number of fused-ring (bicyclic) bond motifs is 1. The van der Waals surface area contributed by atoms with Crippen molar-refractivity contribution in [2.45, 2.75) is 57.2 Å². The third kappa shape index (κ3) is 7.26. The number of carbonyl (C=O) groups is 4. The number of carboxylic acids is 1. The highest BCUT2D eigenvalue weighted by Crippen LogP contribution is 2.17. The van der Waals surface area contributed by atoms with Crippen molar-refractivity contribution in [3.05, 3.63) is 48.0 Å². The zero-order valence-corrected chi connectivity index (χ0v) is 19.5. The summed E-state index contributed by atoms with van der Waals surface area (Å²) in [6.45, 7) is 1.96. The summed E-state index contributed by atoms with van der Waals surface area (Å²) in [5.74, 6) is 2.17. The summed E-state index contributed by atoms with van der Waals surface area (Å²) >= 11 is 0. The Labute approximate surface area is 198 Å². The lowest BCUT2D eigenvalue weighted by molar-refractivity contribution is -0.146. The van der Waals surface area contributed by atoms with Crippen LogP contribution in [0.2, 0.25) is 0 Å². The number of hydrogen-bond acceptors (Lipinski definition) is 6. The largest absolute Gasteiger partial charge is 0.481 e. The van der Waals surface area contributed by atoms with Crippen molar-refractivity contribution < 1.29 is 24.3 Å². The van der Waals surface area contributed by atoms with Gasteiger partial charge >= 0.3 is 5.97 Å². The second-order valence-corrected chi connectivity index (χ2v) is 8.27. The van der Waals surface area contributed by atoms with Crippen LogP contribution < -0.4 is 22.3 Å². The van der Waals surface area contributed by atoms with Gasteiger partial charge in [-0.15, -0.1) is 0 Å². The quantitative estimate of drug-likeness (QED) is 0.211. The van der Waals surface area contributed by atoms with Crippen LogP contribution in [-0.2, 0) is 25.6 Å². The van der Waals surface area contributed by atoms with Gasteiger partial charge in [0, 0.05) is 13.5 Å². The van der Waals surface area contributed by atoms with Crippen LogP contribution in [0.25, 0.3) is 10.8 Å². The average molecular weight is 472 g/mol. The zero-order chi connectivity index (χ0) is 25.3. The Balaban J connectivity index is 2.20. The molecule has 0 aromatic heterocycles. The number of carboxylic acid groups (broad SMARTS) is 1. The topological polar surface area (TPSA) is 168 Å². The van der Waals surface area contributed by atoms with E-state index in [0.29, 0.717) is 6.42 Å². The third-order valence-corrected chi connectivity index (χ3v) is 5.75. The number of amides is 3. The van der Waals surface area contributed by atoms with Gasteiger partial charge in [-0.2, -0.15) is 0 Å². The molecule has 0 spiro atoms. The number of primary amides is 1. The molecule has 0 radical (unpaired) electrons. The first-order valence-corrected chi connectivity index (χ1v) is 11.2. The van der Waals surface area contributed by atoms with Gasteiger partial charge in [0.15, 0.2) is 0 Å². The lowest BCUT2D eigenvalue weighted by atomic mass is 10.0. The molecule has 0 aliphatic heterocycles. The van der Waals surface area contributed by atoms with Gasteiger partial charge in [0.25, 0.3) is 0 Å². The molecule has 0 fully saturated rings. The molecule has 10 nitrogen and oxygen atoms in total. The van der Waals surface area contributed by atoms with Crippen LogP contribution in [0.3, 0.4) is 0 Å². The van der Waals surface area contributed by atoms with Crippen molar-refractivity contribution >= 4 is 34.5 Å². The van der Waals surface area contributed by atoms with E-state index in [0.717, 1.165) is 34.1 Å². The van der Waals surface area contributed by atoms with Crippen LogP contribution >= 0.6 is 0 Å². The minimum Gasteiger partial charge on any atom is -0.481 e. The van der Waals surface area contributed by atoms with E-state index in [9.17, 15) is 24.3 Å². The lowest BCUT2D eigenvalue weighted by Gasteiger charge is -2.30. The highest BCUT2D eigenvalue weighted by Gasteiger charge is 2.34. The predicted octanol–water partition coefficient (Wildman–Crippen LogP) is 0.676. The van der Waals surface area contributed by atoms with E-state index in [1.807, 2.05) is 49.4 Å². The average Bonchev–Trinajstić information content (AvgIpc) is 2.81. The summed E-state index contributed by atoms with van der Waals surface area (Å²) in [6, 6.07) is 10.1. The normalized spacial score (nSPS) is 13.6. The second kappa shape index (κ2) is 12.7. The Morgan fingerprint density at radius 1 is 1.06 bits per heavy atom. The van der Waals surface area contributed by atoms with Gasteiger partial charge in [-0.05, 0) is 22.8 Å². The minimum absolute atomic E-state index is 0.118. The second-order valence-electron chi connectivity index (χ2n) is 8.27. The van der Waals surface area contributed by atoms with Gasteiger partial charge in [0.2, 0.25) is 17.7 Å². The van der Waals surface area contributed by atoms with Crippen molar-refractivity contribution in [2.75, 3.05) is 7.05 Å². The van der Waals surface area contributed by atoms with Crippen molar-refractivity contribution in [1.29, 1.82) is 0 Å². The number of aliphatic carboxylic acids is 1. The first-order chi connectivity index (χ1) is 16.2. The summed E-state index contributed by atoms with van der Waals surface area (Å²) in [6.07, 6.45) is 1.47. The lowest BCUT2D eigenvalue weighted by Crippen LogP contribution is -2.57. The molecule has 7 N–H and O–H groups in total. The number of nitrogens with one attached hydrogen (secondary N) is 2. The van der Waals surface area contributed by atoms with E-state index < -0.39 is 48.2 Å². The van der Waals surface area contributed by atoms with E-state index in [1.54, 1.807) is 0 Å². The molecule has 10 heteroatoms. The van der Waals surface area contributed by atoms with E-state index in [1.165, 1.54) is 7.05 Å². The number of hydrazine groups is 1. The SMILES string of the molecule is CCCC[C@H](NN)C(=O)N(C)[C@H](CC(=O)O)C(=O)N[C@@H](Cc1ccc2ccccc2c1)C(N)=O. The number of hydrogen-bond donors (Lipinski definition) is 5. The molecule has 0 saturated carbocycles. The Morgan fingerprint density at radius 2 is 1.74 bits per heavy atom. The molecule has 34 heavy (non-hydrogen) atoms. The molecule has 0 unspecified atom stereocenters. The van der Waals surface area contributed by atoms with E-state index in [4.69, 9.17) is 11.6 Å². The molecular formula is C24H33N5O5. The van der Waals surface area contributed by atoms with Gasteiger partial charge < -0.3 is 21.1 Å². The number of rotatable bonds is 13. The Morgan fingerprint density at radius 3 is 2.32 bits per heavy atom. The van der Waals surface area contributed by atoms with Crippen molar-refractivity contribution in [3.8, 4) is 0 Å². The van der Waals surface area contributed by atoms with Gasteiger partial charge in [0.05, 0.1) is 12.5 Å². The van der Waals surface area contributed by atoms with E-state index in [-0.39, 0.29) is 6.42 Å². The van der Waals surface area contributed by atoms with E-state index >= 15 is 0 Å². The first-order valence-electron chi connectivity index (χ1n) is 11.2. The first kappa shape index (κ1) is 26.7. The molecular weight excluding hydrogens is 438 g/mol. The van der Waals surface area contributed by atoms with Crippen LogP contribution in [0.1, 0.15) is 38.2 Å². The van der Waals surface area contributed by atoms with Crippen molar-refractivity contribution in [1.82, 2.24) is 15.6 Å². The minimum atomic E-state index is -1.35. The van der Waals surface area contributed by atoms with Crippen LogP contribution in [0, 0.1) is 0 Å². The van der Waals surface area contributed by atoms with Gasteiger partial charge in [-0.1, -0.05) is 62.2 Å². The number of carbonyl (C=O) groups excluding carboxylic acids is 3. The smallest absolute Gasteiger partial charge is 0.305 e. The maximum atomic E-state index is 13.0. The summed E-state index contributed by atoms with van der Waals surface area (Å²) in [5.41, 5.74) is 8.73. The van der Waals surface area contributed by atoms with Gasteiger partial charge in [-0.3, -0.25) is 25.0 Å². The molecule has 2 aromatic rings. The Bertz CT molecular complexity index is 1030. The summed E-state index contributed by atoms with van der Waals surface area (Å²) < 4.78 is 0. The number of benzene rings is 2. The number of unbranched alkanes of at least 4 members (excludes halogenated alkanes) is 1. The summed E-state index contributed by atoms with van der Waals surface area (Å²) in [5, 5.41) is 13.9. The molecule has 2 rings (SSSR count). The molecule has 0 saturated heterocycles. The van der Waals surface area contributed by atoms with Crippen LogP contribution in [0.15, 0.2) is 42.5 Å². The molecule has 184 valence electrons. The molecule has 3 amide bonds. The van der Waals surface area contributed by atoms with Gasteiger partial charge in [-0.25, -0.2) is 5.43 Å².